The van der Waals surface area contributed by atoms with Gasteiger partial charge in [0.2, 0.25) is 0 Å². The molecule has 0 heterocycles. The second-order valence-corrected chi connectivity index (χ2v) is 9.02. The van der Waals surface area contributed by atoms with E-state index in [1.807, 2.05) is 0 Å². The lowest BCUT2D eigenvalue weighted by Gasteiger charge is -2.13. The van der Waals surface area contributed by atoms with Gasteiger partial charge in [0.15, 0.2) is 0 Å². The van der Waals surface area contributed by atoms with Gasteiger partial charge in [-0.3, -0.25) is 4.72 Å². The normalized spacial score (nSPS) is 13.0. The highest BCUT2D eigenvalue weighted by molar-refractivity contribution is 7.92. The number of ether oxygens (including phenoxy) is 1. The van der Waals surface area contributed by atoms with Gasteiger partial charge in [0.1, 0.15) is 11.5 Å². The lowest BCUT2D eigenvalue weighted by atomic mass is 10.0. The average Bonchev–Trinajstić information content (AvgIpc) is 3.16. The summed E-state index contributed by atoms with van der Waals surface area (Å²) in [6.07, 6.45) is 2.53. The second-order valence-electron chi connectivity index (χ2n) is 6.93. The van der Waals surface area contributed by atoms with Crippen LogP contribution in [-0.4, -0.2) is 19.5 Å². The number of carboxylic acid groups (broad SMARTS) is 1. The molecule has 0 aliphatic heterocycles. The number of halogens is 1. The number of aromatic carboxylic acids is 1. The van der Waals surface area contributed by atoms with Gasteiger partial charge in [-0.25, -0.2) is 13.2 Å². The van der Waals surface area contributed by atoms with Gasteiger partial charge in [0.05, 0.1) is 21.2 Å². The largest absolute Gasteiger partial charge is 0.478 e. The number of rotatable bonds is 6. The van der Waals surface area contributed by atoms with E-state index < -0.39 is 16.0 Å². The number of hydrogen-bond donors (Lipinski definition) is 2. The molecule has 0 amide bonds. The first-order valence-corrected chi connectivity index (χ1v) is 11.1. The summed E-state index contributed by atoms with van der Waals surface area (Å²) < 4.78 is 33.8. The van der Waals surface area contributed by atoms with Crippen LogP contribution in [0.5, 0.6) is 11.5 Å². The molecule has 0 bridgehead atoms. The molecule has 30 heavy (non-hydrogen) atoms. The summed E-state index contributed by atoms with van der Waals surface area (Å²) in [5.74, 6) is -0.297. The van der Waals surface area contributed by atoms with Gasteiger partial charge in [0, 0.05) is 0 Å². The van der Waals surface area contributed by atoms with Crippen molar-refractivity contribution in [1.82, 2.24) is 0 Å². The predicted octanol–water partition coefficient (Wildman–Crippen LogP) is 5.12. The van der Waals surface area contributed by atoms with Gasteiger partial charge in [-0.2, -0.15) is 0 Å². The molecule has 0 saturated heterocycles. The molecule has 3 aromatic rings. The highest BCUT2D eigenvalue weighted by Crippen LogP contribution is 2.32. The lowest BCUT2D eigenvalue weighted by Crippen LogP contribution is -2.16. The van der Waals surface area contributed by atoms with E-state index in [1.54, 1.807) is 36.4 Å². The topological polar surface area (TPSA) is 92.7 Å². The number of para-hydroxylation sites is 1. The Hall–Kier alpha value is -3.03. The predicted molar refractivity (Wildman–Crippen MR) is 114 cm³/mol. The highest BCUT2D eigenvalue weighted by atomic mass is 35.5. The summed E-state index contributed by atoms with van der Waals surface area (Å²) >= 11 is 6.07. The van der Waals surface area contributed by atoms with Crippen molar-refractivity contribution in [2.24, 2.45) is 0 Å². The Kier molecular flexibility index (Phi) is 5.40. The van der Waals surface area contributed by atoms with Crippen LogP contribution in [0.4, 0.5) is 5.69 Å². The van der Waals surface area contributed by atoms with Crippen LogP contribution in [0.25, 0.3) is 0 Å². The Balaban J connectivity index is 1.59. The average molecular weight is 444 g/mol. The fraction of sp³-hybridized carbons (Fsp3) is 0.136. The first-order chi connectivity index (χ1) is 14.3. The molecule has 154 valence electrons. The minimum absolute atomic E-state index is 0.00848. The molecule has 0 unspecified atom stereocenters. The number of anilines is 1. The van der Waals surface area contributed by atoms with Crippen molar-refractivity contribution in [3.63, 3.8) is 0 Å². The van der Waals surface area contributed by atoms with E-state index in [-0.39, 0.29) is 16.1 Å². The number of carbonyl (C=O) groups is 1. The molecule has 0 radical (unpaired) electrons. The molecule has 0 fully saturated rings. The molecule has 3 aromatic carbocycles. The summed E-state index contributed by atoms with van der Waals surface area (Å²) in [7, 11) is -3.98. The molecular formula is C22H18ClNO5S. The van der Waals surface area contributed by atoms with Crippen LogP contribution in [0.2, 0.25) is 5.02 Å². The monoisotopic (exact) mass is 443 g/mol. The van der Waals surface area contributed by atoms with Gasteiger partial charge < -0.3 is 9.84 Å². The van der Waals surface area contributed by atoms with Crippen LogP contribution in [0.1, 0.15) is 27.9 Å². The number of benzene rings is 3. The third-order valence-corrected chi connectivity index (χ3v) is 6.60. The van der Waals surface area contributed by atoms with Crippen molar-refractivity contribution >= 4 is 33.3 Å². The highest BCUT2D eigenvalue weighted by Gasteiger charge is 2.22. The van der Waals surface area contributed by atoms with Crippen molar-refractivity contribution in [2.45, 2.75) is 24.2 Å². The Labute approximate surface area is 179 Å². The number of nitrogens with one attached hydrogen (secondary N) is 1. The third-order valence-electron chi connectivity index (χ3n) is 4.91. The molecule has 1 aliphatic carbocycles. The van der Waals surface area contributed by atoms with Crippen molar-refractivity contribution in [3.05, 3.63) is 82.4 Å². The second kappa shape index (κ2) is 8.01. The number of hydrogen-bond acceptors (Lipinski definition) is 4. The van der Waals surface area contributed by atoms with Gasteiger partial charge in [0.25, 0.3) is 10.0 Å². The number of aryl methyl sites for hydroxylation is 2. The Bertz CT molecular complexity index is 1220. The minimum atomic E-state index is -3.98. The standard InChI is InChI=1S/C22H18ClNO5S/c23-19-6-1-2-7-21(19)29-16-8-10-17(11-9-16)30(27,28)24-20-13-15-5-3-4-14(15)12-18(20)22(25)26/h1-2,6-13,24H,3-5H2,(H,25,26). The summed E-state index contributed by atoms with van der Waals surface area (Å²) in [6.45, 7) is 0. The zero-order valence-corrected chi connectivity index (χ0v) is 17.3. The maximum absolute atomic E-state index is 12.8. The molecule has 6 nitrogen and oxygen atoms in total. The van der Waals surface area contributed by atoms with Gasteiger partial charge in [-0.1, -0.05) is 23.7 Å². The number of carboxylic acids is 1. The fourth-order valence-electron chi connectivity index (χ4n) is 3.43. The maximum Gasteiger partial charge on any atom is 0.337 e. The van der Waals surface area contributed by atoms with E-state index in [1.165, 1.54) is 24.3 Å². The van der Waals surface area contributed by atoms with Crippen LogP contribution in [-0.2, 0) is 22.9 Å². The van der Waals surface area contributed by atoms with E-state index >= 15 is 0 Å². The number of fused-ring (bicyclic) bond motifs is 1. The lowest BCUT2D eigenvalue weighted by molar-refractivity contribution is 0.0698. The van der Waals surface area contributed by atoms with E-state index in [2.05, 4.69) is 4.72 Å². The third kappa shape index (κ3) is 4.13. The Morgan fingerprint density at radius 2 is 1.67 bits per heavy atom. The van der Waals surface area contributed by atoms with Crippen LogP contribution >= 0.6 is 11.6 Å². The molecular weight excluding hydrogens is 426 g/mol. The maximum atomic E-state index is 12.8. The van der Waals surface area contributed by atoms with Gasteiger partial charge in [-0.15, -0.1) is 0 Å². The summed E-state index contributed by atoms with van der Waals surface area (Å²) in [5.41, 5.74) is 1.94. The smallest absolute Gasteiger partial charge is 0.337 e. The van der Waals surface area contributed by atoms with Crippen LogP contribution in [0, 0.1) is 0 Å². The van der Waals surface area contributed by atoms with E-state index in [9.17, 15) is 18.3 Å². The first kappa shape index (κ1) is 20.3. The van der Waals surface area contributed by atoms with Crippen molar-refractivity contribution in [2.75, 3.05) is 4.72 Å². The molecule has 0 aromatic heterocycles. The van der Waals surface area contributed by atoms with Crippen molar-refractivity contribution < 1.29 is 23.1 Å². The van der Waals surface area contributed by atoms with E-state index in [0.717, 1.165) is 30.4 Å². The molecule has 2 N–H and O–H groups in total. The van der Waals surface area contributed by atoms with Crippen LogP contribution in [0.3, 0.4) is 0 Å². The summed E-state index contributed by atoms with van der Waals surface area (Å²) in [5, 5.41) is 9.94. The molecule has 8 heteroatoms. The summed E-state index contributed by atoms with van der Waals surface area (Å²) in [6, 6.07) is 15.9. The molecule has 0 atom stereocenters. The van der Waals surface area contributed by atoms with Crippen molar-refractivity contribution in [1.29, 1.82) is 0 Å². The van der Waals surface area contributed by atoms with Crippen molar-refractivity contribution in [3.8, 4) is 11.5 Å². The first-order valence-electron chi connectivity index (χ1n) is 9.28. The molecule has 0 spiro atoms. The van der Waals surface area contributed by atoms with Crippen LogP contribution < -0.4 is 9.46 Å². The zero-order valence-electron chi connectivity index (χ0n) is 15.8. The van der Waals surface area contributed by atoms with Crippen LogP contribution in [0.15, 0.2) is 65.6 Å². The number of sulfonamides is 1. The zero-order chi connectivity index (χ0) is 21.3. The Morgan fingerprint density at radius 3 is 2.33 bits per heavy atom. The quantitative estimate of drug-likeness (QED) is 0.551. The molecule has 1 aliphatic rings. The Morgan fingerprint density at radius 1 is 1.00 bits per heavy atom. The molecule has 0 saturated carbocycles. The van der Waals surface area contributed by atoms with Gasteiger partial charge >= 0.3 is 5.97 Å². The van der Waals surface area contributed by atoms with E-state index in [0.29, 0.717) is 16.5 Å². The SMILES string of the molecule is O=C(O)c1cc2c(cc1NS(=O)(=O)c1ccc(Oc3ccccc3Cl)cc1)CCC2. The minimum Gasteiger partial charge on any atom is -0.478 e. The van der Waals surface area contributed by atoms with E-state index in [4.69, 9.17) is 16.3 Å². The fourth-order valence-corrected chi connectivity index (χ4v) is 4.68. The van der Waals surface area contributed by atoms with Gasteiger partial charge in [-0.05, 0) is 78.9 Å². The molecule has 4 rings (SSSR count). The summed E-state index contributed by atoms with van der Waals surface area (Å²) in [4.78, 5) is 11.6.